The van der Waals surface area contributed by atoms with E-state index in [-0.39, 0.29) is 23.9 Å². The van der Waals surface area contributed by atoms with Gasteiger partial charge in [0, 0.05) is 19.2 Å². The van der Waals surface area contributed by atoms with Gasteiger partial charge in [-0.2, -0.15) is 13.9 Å². The van der Waals surface area contributed by atoms with Crippen LogP contribution in [0.2, 0.25) is 0 Å². The van der Waals surface area contributed by atoms with Gasteiger partial charge in [-0.1, -0.05) is 48.5 Å². The third-order valence-electron chi connectivity index (χ3n) is 5.41. The Kier molecular flexibility index (Phi) is 6.01. The molecule has 1 heterocycles. The number of hydrogen-bond acceptors (Lipinski definition) is 5. The van der Waals surface area contributed by atoms with Gasteiger partial charge in [-0.15, -0.1) is 0 Å². The fourth-order valence-electron chi connectivity index (χ4n) is 3.84. The highest BCUT2D eigenvalue weighted by molar-refractivity contribution is 6.01. The predicted octanol–water partition coefficient (Wildman–Crippen LogP) is 3.23. The topological polar surface area (TPSA) is 123 Å². The zero-order valence-corrected chi connectivity index (χ0v) is 17.9. The molecule has 2 aromatic carbocycles. The van der Waals surface area contributed by atoms with Crippen LogP contribution in [0.4, 0.5) is 19.3 Å². The van der Waals surface area contributed by atoms with E-state index in [0.29, 0.717) is 0 Å². The van der Waals surface area contributed by atoms with Crippen molar-refractivity contribution in [3.05, 3.63) is 71.5 Å². The lowest BCUT2D eigenvalue weighted by molar-refractivity contribution is -0.163. The number of amides is 2. The maximum absolute atomic E-state index is 13.3. The van der Waals surface area contributed by atoms with Gasteiger partial charge in [-0.3, -0.25) is 14.8 Å². The molecule has 4 rings (SSSR count). The van der Waals surface area contributed by atoms with Crippen LogP contribution in [0.5, 0.6) is 0 Å². The number of anilines is 1. The minimum Gasteiger partial charge on any atom is -0.477 e. The fraction of sp³-hybridized carbons (Fsp3) is 0.217. The largest absolute Gasteiger partial charge is 0.477 e. The van der Waals surface area contributed by atoms with Crippen molar-refractivity contribution in [2.45, 2.75) is 11.8 Å². The number of halogens is 2. The van der Waals surface area contributed by atoms with Crippen molar-refractivity contribution in [3.63, 3.8) is 0 Å². The van der Waals surface area contributed by atoms with Crippen molar-refractivity contribution in [1.82, 2.24) is 15.1 Å². The van der Waals surface area contributed by atoms with Gasteiger partial charge in [0.25, 0.3) is 5.91 Å². The van der Waals surface area contributed by atoms with Crippen LogP contribution >= 0.6 is 0 Å². The van der Waals surface area contributed by atoms with Gasteiger partial charge in [0.2, 0.25) is 0 Å². The molecule has 9 nitrogen and oxygen atoms in total. The summed E-state index contributed by atoms with van der Waals surface area (Å²) in [6.07, 6.45) is 0.436. The van der Waals surface area contributed by atoms with Crippen molar-refractivity contribution in [1.29, 1.82) is 0 Å². The van der Waals surface area contributed by atoms with Gasteiger partial charge >= 0.3 is 18.0 Å². The van der Waals surface area contributed by atoms with Gasteiger partial charge in [-0.25, -0.2) is 9.59 Å². The molecule has 3 N–H and O–H groups in total. The molecule has 0 saturated heterocycles. The number of hydrogen-bond donors (Lipinski definition) is 3. The molecule has 1 aromatic heterocycles. The van der Waals surface area contributed by atoms with Crippen LogP contribution in [-0.2, 0) is 16.6 Å². The Morgan fingerprint density at radius 2 is 1.68 bits per heavy atom. The van der Waals surface area contributed by atoms with E-state index in [1.165, 1.54) is 17.9 Å². The van der Waals surface area contributed by atoms with E-state index < -0.39 is 30.4 Å². The van der Waals surface area contributed by atoms with Gasteiger partial charge in [-0.05, 0) is 22.3 Å². The number of aromatic nitrogens is 2. The van der Waals surface area contributed by atoms with E-state index in [9.17, 15) is 23.2 Å². The maximum atomic E-state index is 13.3. The Hall–Kier alpha value is -4.28. The average Bonchev–Trinajstić information content (AvgIpc) is 3.33. The van der Waals surface area contributed by atoms with Crippen molar-refractivity contribution >= 4 is 23.7 Å². The molecule has 2 amide bonds. The minimum absolute atomic E-state index is 0.0342. The number of nitrogens with one attached hydrogen (secondary N) is 2. The third kappa shape index (κ3) is 4.45. The first-order chi connectivity index (χ1) is 16.2. The molecule has 0 bridgehead atoms. The van der Waals surface area contributed by atoms with Crippen molar-refractivity contribution in [2.75, 3.05) is 18.5 Å². The fourth-order valence-corrected chi connectivity index (χ4v) is 3.84. The number of nitrogens with zero attached hydrogens (tertiary/aromatic N) is 2. The average molecular weight is 470 g/mol. The van der Waals surface area contributed by atoms with E-state index in [0.717, 1.165) is 22.3 Å². The van der Waals surface area contributed by atoms with Gasteiger partial charge < -0.3 is 15.2 Å². The van der Waals surface area contributed by atoms with E-state index in [2.05, 4.69) is 10.4 Å². The van der Waals surface area contributed by atoms with Crippen LogP contribution in [0.15, 0.2) is 54.7 Å². The van der Waals surface area contributed by atoms with Crippen molar-refractivity contribution < 1.29 is 33.0 Å². The summed E-state index contributed by atoms with van der Waals surface area (Å²) in [5, 5.41) is 16.5. The van der Waals surface area contributed by atoms with Gasteiger partial charge in [0.05, 0.1) is 12.2 Å². The lowest BCUT2D eigenvalue weighted by atomic mass is 9.98. The van der Waals surface area contributed by atoms with Crippen LogP contribution < -0.4 is 10.6 Å². The predicted molar refractivity (Wildman–Crippen MR) is 117 cm³/mol. The third-order valence-corrected chi connectivity index (χ3v) is 5.41. The Morgan fingerprint density at radius 1 is 1.09 bits per heavy atom. The molecule has 34 heavy (non-hydrogen) atoms. The number of rotatable bonds is 7. The number of benzene rings is 2. The number of aryl methyl sites for hydroxylation is 1. The summed E-state index contributed by atoms with van der Waals surface area (Å²) in [6, 6.07) is 15.6. The van der Waals surface area contributed by atoms with Gasteiger partial charge in [0.15, 0.2) is 5.69 Å². The number of alkyl halides is 2. The van der Waals surface area contributed by atoms with E-state index >= 15 is 0 Å². The monoisotopic (exact) mass is 470 g/mol. The molecule has 176 valence electrons. The molecule has 1 aliphatic carbocycles. The molecule has 1 aliphatic rings. The highest BCUT2D eigenvalue weighted by atomic mass is 19.3. The van der Waals surface area contributed by atoms with Crippen molar-refractivity contribution in [2.24, 2.45) is 7.05 Å². The highest BCUT2D eigenvalue weighted by Gasteiger charge is 2.39. The number of fused-ring (bicyclic) bond motifs is 3. The lowest BCUT2D eigenvalue weighted by Gasteiger charge is -2.14. The molecule has 3 aromatic rings. The number of ether oxygens (including phenoxy) is 1. The molecule has 0 saturated carbocycles. The Bertz CT molecular complexity index is 1230. The minimum atomic E-state index is -4.15. The Morgan fingerprint density at radius 3 is 2.26 bits per heavy atom. The summed E-state index contributed by atoms with van der Waals surface area (Å²) in [5.41, 5.74) is 3.75. The first-order valence-electron chi connectivity index (χ1n) is 10.2. The Balaban J connectivity index is 1.43. The number of aliphatic carboxylic acids is 1. The number of carboxylic acid groups (broad SMARTS) is 1. The van der Waals surface area contributed by atoms with E-state index in [4.69, 9.17) is 9.84 Å². The van der Waals surface area contributed by atoms with Crippen LogP contribution in [0.3, 0.4) is 0 Å². The SMILES string of the molecule is Cn1cc(NC(=O)OCC2c3ccccc3-c3ccccc32)c(C(=O)NCC(F)(F)C(=O)O)n1. The second-order valence-corrected chi connectivity index (χ2v) is 7.71. The lowest BCUT2D eigenvalue weighted by Crippen LogP contribution is -2.42. The Labute approximate surface area is 192 Å². The van der Waals surface area contributed by atoms with Crippen LogP contribution in [0.1, 0.15) is 27.5 Å². The first-order valence-corrected chi connectivity index (χ1v) is 10.2. The molecule has 0 spiro atoms. The normalized spacial score (nSPS) is 12.6. The standard InChI is InChI=1S/C23H20F2N4O5/c1-29-10-18(19(28-29)20(30)26-12-23(24,25)21(31)32)27-22(33)34-11-17-15-8-4-2-6-13(15)14-7-3-5-9-16(14)17/h2-10,17H,11-12H2,1H3,(H,26,30)(H,27,33)(H,31,32). The molecule has 0 atom stereocenters. The van der Waals surface area contributed by atoms with E-state index in [1.807, 2.05) is 53.8 Å². The van der Waals surface area contributed by atoms with E-state index in [1.54, 1.807) is 0 Å². The smallest absolute Gasteiger partial charge is 0.411 e. The summed E-state index contributed by atoms with van der Waals surface area (Å²) in [4.78, 5) is 35.3. The summed E-state index contributed by atoms with van der Waals surface area (Å²) >= 11 is 0. The second kappa shape index (κ2) is 8.93. The van der Waals surface area contributed by atoms with Crippen molar-refractivity contribution in [3.8, 4) is 11.1 Å². The second-order valence-electron chi connectivity index (χ2n) is 7.71. The molecule has 0 radical (unpaired) electrons. The zero-order valence-electron chi connectivity index (χ0n) is 17.9. The van der Waals surface area contributed by atoms with Crippen LogP contribution in [0.25, 0.3) is 11.1 Å². The molecule has 0 unspecified atom stereocenters. The number of carbonyl (C=O) groups is 3. The number of carboxylic acids is 1. The zero-order chi connectivity index (χ0) is 24.5. The molecule has 11 heteroatoms. The van der Waals surface area contributed by atoms with Crippen LogP contribution in [-0.4, -0.2) is 51.9 Å². The summed E-state index contributed by atoms with van der Waals surface area (Å²) in [6.45, 7) is -1.39. The molecular formula is C23H20F2N4O5. The van der Waals surface area contributed by atoms with Gasteiger partial charge in [0.1, 0.15) is 6.61 Å². The van der Waals surface area contributed by atoms with Crippen LogP contribution in [0, 0.1) is 0 Å². The highest BCUT2D eigenvalue weighted by Crippen LogP contribution is 2.44. The molecular weight excluding hydrogens is 450 g/mol. The number of carbonyl (C=O) groups excluding carboxylic acids is 2. The maximum Gasteiger partial charge on any atom is 0.411 e. The summed E-state index contributed by atoms with van der Waals surface area (Å²) < 4.78 is 33.2. The summed E-state index contributed by atoms with van der Waals surface area (Å²) in [7, 11) is 1.46. The molecule has 0 aliphatic heterocycles. The first kappa shape index (κ1) is 22.9. The summed E-state index contributed by atoms with van der Waals surface area (Å²) in [5.74, 6) is -7.76. The molecule has 0 fully saturated rings. The quantitative estimate of drug-likeness (QED) is 0.487.